The molecular formula is C15H26BrN5. The molecule has 0 atom stereocenters. The van der Waals surface area contributed by atoms with Crippen LogP contribution in [0.15, 0.2) is 10.7 Å². The van der Waals surface area contributed by atoms with Gasteiger partial charge in [-0.1, -0.05) is 6.92 Å². The second kappa shape index (κ2) is 6.92. The topological polar surface area (TPSA) is 44.3 Å². The molecule has 0 aromatic carbocycles. The molecule has 1 aromatic rings. The molecule has 0 amide bonds. The summed E-state index contributed by atoms with van der Waals surface area (Å²) in [5, 5.41) is 3.25. The van der Waals surface area contributed by atoms with Gasteiger partial charge in [-0.2, -0.15) is 4.98 Å². The molecule has 1 saturated heterocycles. The van der Waals surface area contributed by atoms with Crippen LogP contribution in [-0.4, -0.2) is 53.1 Å². The Bertz CT molecular complexity index is 464. The number of hydrogen-bond acceptors (Lipinski definition) is 5. The molecule has 0 spiro atoms. The summed E-state index contributed by atoms with van der Waals surface area (Å²) in [6, 6.07) is 0. The number of nitrogens with zero attached hydrogens (tertiary/aromatic N) is 4. The van der Waals surface area contributed by atoms with Crippen molar-refractivity contribution in [1.82, 2.24) is 14.9 Å². The van der Waals surface area contributed by atoms with E-state index in [0.717, 1.165) is 49.4 Å². The number of rotatable bonds is 4. The molecule has 118 valence electrons. The molecule has 1 fully saturated rings. The molecular weight excluding hydrogens is 330 g/mol. The predicted molar refractivity (Wildman–Crippen MR) is 92.1 cm³/mol. The Hall–Kier alpha value is -0.880. The van der Waals surface area contributed by atoms with Crippen molar-refractivity contribution in [2.24, 2.45) is 0 Å². The van der Waals surface area contributed by atoms with Gasteiger partial charge in [-0.05, 0) is 43.1 Å². The maximum absolute atomic E-state index is 4.66. The maximum atomic E-state index is 4.66. The first-order valence-electron chi connectivity index (χ1n) is 7.68. The highest BCUT2D eigenvalue weighted by atomic mass is 79.9. The Balaban J connectivity index is 2.05. The fraction of sp³-hybridized carbons (Fsp3) is 0.733. The van der Waals surface area contributed by atoms with Gasteiger partial charge in [0.2, 0.25) is 5.95 Å². The molecule has 1 aromatic heterocycles. The molecule has 0 bridgehead atoms. The number of piperazine rings is 1. The van der Waals surface area contributed by atoms with E-state index in [1.807, 2.05) is 6.20 Å². The van der Waals surface area contributed by atoms with Crippen LogP contribution in [-0.2, 0) is 0 Å². The predicted octanol–water partition coefficient (Wildman–Crippen LogP) is 2.98. The van der Waals surface area contributed by atoms with Crippen LogP contribution in [0.25, 0.3) is 0 Å². The SMILES string of the molecule is CCCNc1ncc(Br)c(N2CCN(C(C)(C)C)CC2)n1. The van der Waals surface area contributed by atoms with Crippen molar-refractivity contribution in [3.05, 3.63) is 10.7 Å². The Morgan fingerprint density at radius 1 is 1.24 bits per heavy atom. The van der Waals surface area contributed by atoms with Crippen molar-refractivity contribution >= 4 is 27.7 Å². The Morgan fingerprint density at radius 3 is 2.48 bits per heavy atom. The van der Waals surface area contributed by atoms with Gasteiger partial charge in [0.1, 0.15) is 5.82 Å². The normalized spacial score (nSPS) is 17.1. The molecule has 0 unspecified atom stereocenters. The van der Waals surface area contributed by atoms with Crippen molar-refractivity contribution in [2.45, 2.75) is 39.7 Å². The average molecular weight is 356 g/mol. The molecule has 6 heteroatoms. The summed E-state index contributed by atoms with van der Waals surface area (Å²) in [5.41, 5.74) is 0.239. The third-order valence-electron chi connectivity index (χ3n) is 3.79. The van der Waals surface area contributed by atoms with Crippen LogP contribution in [0.1, 0.15) is 34.1 Å². The van der Waals surface area contributed by atoms with Crippen LogP contribution < -0.4 is 10.2 Å². The van der Waals surface area contributed by atoms with Gasteiger partial charge in [0.15, 0.2) is 0 Å². The van der Waals surface area contributed by atoms with E-state index in [1.54, 1.807) is 0 Å². The first-order chi connectivity index (χ1) is 9.91. The first-order valence-corrected chi connectivity index (χ1v) is 8.47. The Kier molecular flexibility index (Phi) is 5.43. The average Bonchev–Trinajstić information content (AvgIpc) is 2.46. The maximum Gasteiger partial charge on any atom is 0.224 e. The van der Waals surface area contributed by atoms with Crippen molar-refractivity contribution < 1.29 is 0 Å². The summed E-state index contributed by atoms with van der Waals surface area (Å²) in [6.45, 7) is 14.0. The third-order valence-corrected chi connectivity index (χ3v) is 4.35. The zero-order valence-electron chi connectivity index (χ0n) is 13.5. The Labute approximate surface area is 136 Å². The molecule has 0 aliphatic carbocycles. The standard InChI is InChI=1S/C15H26BrN5/c1-5-6-17-14-18-11-12(16)13(19-14)20-7-9-21(10-8-20)15(2,3)4/h11H,5-10H2,1-4H3,(H,17,18,19). The zero-order valence-corrected chi connectivity index (χ0v) is 15.1. The van der Waals surface area contributed by atoms with E-state index < -0.39 is 0 Å². The lowest BCUT2D eigenvalue weighted by atomic mass is 10.1. The van der Waals surface area contributed by atoms with Crippen LogP contribution >= 0.6 is 15.9 Å². The van der Waals surface area contributed by atoms with Gasteiger partial charge in [-0.25, -0.2) is 4.98 Å². The minimum atomic E-state index is 0.239. The summed E-state index contributed by atoms with van der Waals surface area (Å²) in [7, 11) is 0. The highest BCUT2D eigenvalue weighted by molar-refractivity contribution is 9.10. The summed E-state index contributed by atoms with van der Waals surface area (Å²) >= 11 is 3.58. The lowest BCUT2D eigenvalue weighted by Crippen LogP contribution is -2.53. The van der Waals surface area contributed by atoms with E-state index in [9.17, 15) is 0 Å². The monoisotopic (exact) mass is 355 g/mol. The van der Waals surface area contributed by atoms with Crippen LogP contribution in [0.5, 0.6) is 0 Å². The van der Waals surface area contributed by atoms with Gasteiger partial charge >= 0.3 is 0 Å². The van der Waals surface area contributed by atoms with E-state index in [2.05, 4.69) is 68.7 Å². The molecule has 5 nitrogen and oxygen atoms in total. The minimum Gasteiger partial charge on any atom is -0.354 e. The molecule has 1 aliphatic rings. The second-order valence-corrected chi connectivity index (χ2v) is 7.29. The van der Waals surface area contributed by atoms with Gasteiger partial charge in [0.05, 0.1) is 4.47 Å². The molecule has 0 radical (unpaired) electrons. The van der Waals surface area contributed by atoms with E-state index in [-0.39, 0.29) is 5.54 Å². The number of aromatic nitrogens is 2. The second-order valence-electron chi connectivity index (χ2n) is 6.44. The molecule has 21 heavy (non-hydrogen) atoms. The smallest absolute Gasteiger partial charge is 0.224 e. The van der Waals surface area contributed by atoms with E-state index >= 15 is 0 Å². The summed E-state index contributed by atoms with van der Waals surface area (Å²) in [5.74, 6) is 1.71. The van der Waals surface area contributed by atoms with E-state index in [0.29, 0.717) is 5.95 Å². The summed E-state index contributed by atoms with van der Waals surface area (Å²) in [4.78, 5) is 13.8. The van der Waals surface area contributed by atoms with E-state index in [1.165, 1.54) is 0 Å². The summed E-state index contributed by atoms with van der Waals surface area (Å²) < 4.78 is 0.966. The summed E-state index contributed by atoms with van der Waals surface area (Å²) in [6.07, 6.45) is 2.91. The number of anilines is 2. The van der Waals surface area contributed by atoms with Crippen LogP contribution in [0.4, 0.5) is 11.8 Å². The highest BCUT2D eigenvalue weighted by Gasteiger charge is 2.27. The number of halogens is 1. The fourth-order valence-electron chi connectivity index (χ4n) is 2.49. The number of nitrogens with one attached hydrogen (secondary N) is 1. The van der Waals surface area contributed by atoms with Gasteiger partial charge in [-0.3, -0.25) is 4.90 Å². The first kappa shape index (κ1) is 16.5. The lowest BCUT2D eigenvalue weighted by Gasteiger charge is -2.42. The minimum absolute atomic E-state index is 0.239. The van der Waals surface area contributed by atoms with Crippen LogP contribution in [0.2, 0.25) is 0 Å². The van der Waals surface area contributed by atoms with Gasteiger partial charge < -0.3 is 10.2 Å². The zero-order chi connectivity index (χ0) is 15.5. The van der Waals surface area contributed by atoms with E-state index in [4.69, 9.17) is 0 Å². The van der Waals surface area contributed by atoms with Crippen molar-refractivity contribution in [3.63, 3.8) is 0 Å². The number of hydrogen-bond donors (Lipinski definition) is 1. The highest BCUT2D eigenvalue weighted by Crippen LogP contribution is 2.26. The molecule has 0 saturated carbocycles. The van der Waals surface area contributed by atoms with Crippen molar-refractivity contribution in [2.75, 3.05) is 42.9 Å². The van der Waals surface area contributed by atoms with Crippen LogP contribution in [0, 0.1) is 0 Å². The quantitative estimate of drug-likeness (QED) is 0.899. The molecule has 1 aliphatic heterocycles. The van der Waals surface area contributed by atoms with Gasteiger partial charge in [0.25, 0.3) is 0 Å². The van der Waals surface area contributed by atoms with Crippen molar-refractivity contribution in [1.29, 1.82) is 0 Å². The molecule has 2 heterocycles. The van der Waals surface area contributed by atoms with Gasteiger partial charge in [0, 0.05) is 44.5 Å². The molecule has 1 N–H and O–H groups in total. The van der Waals surface area contributed by atoms with Crippen molar-refractivity contribution in [3.8, 4) is 0 Å². The third kappa shape index (κ3) is 4.30. The molecule has 2 rings (SSSR count). The fourth-order valence-corrected chi connectivity index (χ4v) is 2.93. The largest absolute Gasteiger partial charge is 0.354 e. The lowest BCUT2D eigenvalue weighted by molar-refractivity contribution is 0.128. The Morgan fingerprint density at radius 2 is 1.90 bits per heavy atom. The van der Waals surface area contributed by atoms with Crippen LogP contribution in [0.3, 0.4) is 0 Å². The van der Waals surface area contributed by atoms with Gasteiger partial charge in [-0.15, -0.1) is 0 Å².